The molecule has 2 aliphatic heterocycles. The summed E-state index contributed by atoms with van der Waals surface area (Å²) in [5, 5.41) is 0.732. The molecule has 0 bridgehead atoms. The van der Waals surface area contributed by atoms with Gasteiger partial charge in [0.25, 0.3) is 0 Å². The van der Waals surface area contributed by atoms with Crippen LogP contribution in [0.25, 0.3) is 0 Å². The van der Waals surface area contributed by atoms with Crippen molar-refractivity contribution in [2.75, 3.05) is 31.7 Å². The second-order valence-corrected chi connectivity index (χ2v) is 10.5. The van der Waals surface area contributed by atoms with Crippen LogP contribution in [-0.4, -0.2) is 66.4 Å². The Morgan fingerprint density at radius 3 is 2.41 bits per heavy atom. The topological polar surface area (TPSA) is 79.3 Å². The van der Waals surface area contributed by atoms with E-state index in [1.165, 1.54) is 4.31 Å². The maximum atomic E-state index is 13.3. The molecule has 29 heavy (non-hydrogen) atoms. The van der Waals surface area contributed by atoms with E-state index in [1.807, 2.05) is 29.2 Å². The first kappa shape index (κ1) is 22.1. The van der Waals surface area contributed by atoms with E-state index in [9.17, 15) is 13.2 Å². The van der Waals surface area contributed by atoms with Gasteiger partial charge in [0.15, 0.2) is 5.17 Å². The van der Waals surface area contributed by atoms with Gasteiger partial charge in [0.05, 0.1) is 18.6 Å². The number of aliphatic imine (C=N–C) groups is 1. The van der Waals surface area contributed by atoms with Crippen molar-refractivity contribution in [1.82, 2.24) is 9.21 Å². The van der Waals surface area contributed by atoms with E-state index in [2.05, 4.69) is 6.92 Å². The number of ether oxygens (including phenoxy) is 1. The number of rotatable bonds is 6. The van der Waals surface area contributed by atoms with Crippen LogP contribution >= 0.6 is 11.8 Å². The van der Waals surface area contributed by atoms with E-state index in [4.69, 9.17) is 9.73 Å². The maximum absolute atomic E-state index is 13.3. The predicted octanol–water partition coefficient (Wildman–Crippen LogP) is 3.10. The molecule has 3 rings (SSSR count). The van der Waals surface area contributed by atoms with Crippen LogP contribution in [0.1, 0.15) is 33.1 Å². The zero-order valence-electron chi connectivity index (χ0n) is 17.2. The molecule has 160 valence electrons. The Morgan fingerprint density at radius 1 is 1.21 bits per heavy atom. The van der Waals surface area contributed by atoms with Gasteiger partial charge in [-0.05, 0) is 50.5 Å². The van der Waals surface area contributed by atoms with Gasteiger partial charge in [0.1, 0.15) is 5.75 Å². The number of carbonyl (C=O) groups is 1. The highest BCUT2D eigenvalue weighted by atomic mass is 32.2. The summed E-state index contributed by atoms with van der Waals surface area (Å²) < 4.78 is 30.9. The fraction of sp³-hybridized carbons (Fsp3) is 0.600. The largest absolute Gasteiger partial charge is 0.497 e. The number of nitrogens with zero attached hydrogens (tertiary/aromatic N) is 3. The number of carbonyl (C=O) groups excluding carboxylic acids is 1. The van der Waals surface area contributed by atoms with Crippen LogP contribution in [0, 0.1) is 5.92 Å². The number of sulfonamides is 1. The second kappa shape index (κ2) is 9.49. The number of amides is 1. The minimum atomic E-state index is -3.19. The van der Waals surface area contributed by atoms with Crippen molar-refractivity contribution in [3.63, 3.8) is 0 Å². The quantitative estimate of drug-likeness (QED) is 0.681. The normalized spacial score (nSPS) is 22.9. The van der Waals surface area contributed by atoms with Gasteiger partial charge < -0.3 is 4.74 Å². The molecular formula is C20H29N3O4S2. The van der Waals surface area contributed by atoms with E-state index in [1.54, 1.807) is 25.8 Å². The third-order valence-corrected chi connectivity index (χ3v) is 8.52. The lowest BCUT2D eigenvalue weighted by atomic mass is 9.96. The number of piperidine rings is 1. The first-order chi connectivity index (χ1) is 13.9. The molecule has 9 heteroatoms. The molecule has 0 aromatic heterocycles. The molecule has 0 N–H and O–H groups in total. The Morgan fingerprint density at radius 2 is 1.86 bits per heavy atom. The van der Waals surface area contributed by atoms with Gasteiger partial charge in [0, 0.05) is 30.8 Å². The van der Waals surface area contributed by atoms with Crippen LogP contribution in [0.4, 0.5) is 5.69 Å². The van der Waals surface area contributed by atoms with E-state index in [-0.39, 0.29) is 23.6 Å². The van der Waals surface area contributed by atoms with Gasteiger partial charge in [-0.2, -0.15) is 0 Å². The van der Waals surface area contributed by atoms with Crippen molar-refractivity contribution in [1.29, 1.82) is 0 Å². The molecule has 2 aliphatic rings. The minimum Gasteiger partial charge on any atom is -0.497 e. The third kappa shape index (κ3) is 4.95. The van der Waals surface area contributed by atoms with Gasteiger partial charge in [-0.25, -0.2) is 17.7 Å². The molecule has 1 atom stereocenters. The summed E-state index contributed by atoms with van der Waals surface area (Å²) in [4.78, 5) is 19.9. The monoisotopic (exact) mass is 439 g/mol. The molecule has 7 nitrogen and oxygen atoms in total. The lowest BCUT2D eigenvalue weighted by Gasteiger charge is -2.33. The zero-order chi connectivity index (χ0) is 21.0. The summed E-state index contributed by atoms with van der Waals surface area (Å²) in [7, 11) is -1.57. The highest BCUT2D eigenvalue weighted by molar-refractivity contribution is 8.14. The third-order valence-electron chi connectivity index (χ3n) is 5.54. The Bertz CT molecular complexity index is 847. The standard InChI is InChI=1S/C20H29N3O4S2/c1-4-17-14-28-20(21-16-6-8-18(27-3)9-7-16)23(17)19(24)15-10-12-22(13-11-15)29(25,26)5-2/h6-9,15,17H,4-5,10-14H2,1-3H3. The molecule has 2 heterocycles. The summed E-state index contributed by atoms with van der Waals surface area (Å²) in [6.45, 7) is 4.56. The average Bonchev–Trinajstić information content (AvgIpc) is 3.16. The Labute approximate surface area is 177 Å². The van der Waals surface area contributed by atoms with Gasteiger partial charge in [0.2, 0.25) is 15.9 Å². The van der Waals surface area contributed by atoms with E-state index in [0.29, 0.717) is 25.9 Å². The fourth-order valence-corrected chi connectivity index (χ4v) is 6.07. The van der Waals surface area contributed by atoms with Crippen molar-refractivity contribution < 1.29 is 17.9 Å². The summed E-state index contributed by atoms with van der Waals surface area (Å²) in [6.07, 6.45) is 1.99. The van der Waals surface area contributed by atoms with Crippen molar-refractivity contribution in [3.8, 4) is 5.75 Å². The summed E-state index contributed by atoms with van der Waals surface area (Å²) in [5.74, 6) is 1.61. The minimum absolute atomic E-state index is 0.0719. The average molecular weight is 440 g/mol. The Kier molecular flexibility index (Phi) is 7.23. The van der Waals surface area contributed by atoms with E-state index in [0.717, 1.165) is 28.8 Å². The van der Waals surface area contributed by atoms with Crippen LogP contribution in [0.3, 0.4) is 0 Å². The summed E-state index contributed by atoms with van der Waals surface area (Å²) in [6, 6.07) is 7.59. The number of hydrogen-bond donors (Lipinski definition) is 0. The Hall–Kier alpha value is -1.58. The molecule has 0 aliphatic carbocycles. The fourth-order valence-electron chi connectivity index (χ4n) is 3.66. The smallest absolute Gasteiger partial charge is 0.232 e. The summed E-state index contributed by atoms with van der Waals surface area (Å²) >= 11 is 1.61. The van der Waals surface area contributed by atoms with Gasteiger partial charge in [-0.15, -0.1) is 0 Å². The molecule has 1 aromatic rings. The van der Waals surface area contributed by atoms with Crippen LogP contribution in [0.15, 0.2) is 29.3 Å². The van der Waals surface area contributed by atoms with Crippen LogP contribution in [0.5, 0.6) is 5.75 Å². The number of hydrogen-bond acceptors (Lipinski definition) is 6. The van der Waals surface area contributed by atoms with Crippen molar-refractivity contribution >= 4 is 38.5 Å². The molecule has 0 radical (unpaired) electrons. The summed E-state index contributed by atoms with van der Waals surface area (Å²) in [5.41, 5.74) is 0.784. The second-order valence-electron chi connectivity index (χ2n) is 7.25. The van der Waals surface area contributed by atoms with Crippen LogP contribution in [0.2, 0.25) is 0 Å². The van der Waals surface area contributed by atoms with Gasteiger partial charge in [-0.1, -0.05) is 18.7 Å². The highest BCUT2D eigenvalue weighted by Gasteiger charge is 2.39. The SMILES string of the molecule is CCC1CSC(=Nc2ccc(OC)cc2)N1C(=O)C1CCN(S(=O)(=O)CC)CC1. The molecule has 1 unspecified atom stereocenters. The highest BCUT2D eigenvalue weighted by Crippen LogP contribution is 2.33. The van der Waals surface area contributed by atoms with Gasteiger partial charge in [-0.3, -0.25) is 9.69 Å². The lowest BCUT2D eigenvalue weighted by molar-refractivity contribution is -0.133. The van der Waals surface area contributed by atoms with Crippen molar-refractivity contribution in [2.24, 2.45) is 10.9 Å². The molecule has 0 spiro atoms. The van der Waals surface area contributed by atoms with Crippen LogP contribution < -0.4 is 4.74 Å². The number of amidine groups is 1. The molecule has 1 amide bonds. The molecular weight excluding hydrogens is 410 g/mol. The number of methoxy groups -OCH3 is 1. The lowest BCUT2D eigenvalue weighted by Crippen LogP contribution is -2.47. The van der Waals surface area contributed by atoms with Crippen molar-refractivity contribution in [3.05, 3.63) is 24.3 Å². The number of thioether (sulfide) groups is 1. The van der Waals surface area contributed by atoms with Gasteiger partial charge >= 0.3 is 0 Å². The maximum Gasteiger partial charge on any atom is 0.232 e. The van der Waals surface area contributed by atoms with Crippen LogP contribution in [-0.2, 0) is 14.8 Å². The first-order valence-corrected chi connectivity index (χ1v) is 12.7. The Balaban J connectivity index is 1.75. The number of benzene rings is 1. The molecule has 2 fully saturated rings. The zero-order valence-corrected chi connectivity index (χ0v) is 18.8. The molecule has 0 saturated carbocycles. The van der Waals surface area contributed by atoms with Crippen molar-refractivity contribution in [2.45, 2.75) is 39.2 Å². The van der Waals surface area contributed by atoms with E-state index >= 15 is 0 Å². The first-order valence-electron chi connectivity index (χ1n) is 10.1. The van der Waals surface area contributed by atoms with E-state index < -0.39 is 10.0 Å². The molecule has 1 aromatic carbocycles. The predicted molar refractivity (Wildman–Crippen MR) is 117 cm³/mol. The molecule has 2 saturated heterocycles.